The highest BCUT2D eigenvalue weighted by molar-refractivity contribution is 6.32. The van der Waals surface area contributed by atoms with Gasteiger partial charge in [-0.3, -0.25) is 9.69 Å². The van der Waals surface area contributed by atoms with E-state index in [4.69, 9.17) is 25.8 Å². The van der Waals surface area contributed by atoms with Crippen molar-refractivity contribution in [3.63, 3.8) is 0 Å². The fraction of sp³-hybridized carbons (Fsp3) is 0.222. The topological polar surface area (TPSA) is 48.0 Å². The van der Waals surface area contributed by atoms with Gasteiger partial charge in [-0.2, -0.15) is 0 Å². The van der Waals surface area contributed by atoms with Gasteiger partial charge >= 0.3 is 0 Å². The number of Topliss-reactive ketones (excluding diaryl/α,β-unsaturated/α-hetero) is 1. The molecule has 0 saturated carbocycles. The fourth-order valence-electron chi connectivity index (χ4n) is 4.28. The molecule has 2 heterocycles. The molecule has 0 unspecified atom stereocenters. The number of benzene rings is 3. The number of carbonyl (C=O) groups excluding carboxylic acids is 1. The number of ether oxygens (including phenoxy) is 3. The molecule has 2 aliphatic heterocycles. The zero-order valence-corrected chi connectivity index (χ0v) is 19.6. The molecular weight excluding hydrogens is 457 g/mol. The van der Waals surface area contributed by atoms with E-state index in [0.717, 1.165) is 29.8 Å². The monoisotopic (exact) mass is 479 g/mol. The number of carbonyl (C=O) groups is 1. The molecule has 5 nitrogen and oxygen atoms in total. The third kappa shape index (κ3) is 4.15. The van der Waals surface area contributed by atoms with Crippen molar-refractivity contribution in [2.24, 2.45) is 0 Å². The minimum absolute atomic E-state index is 0.0499. The average Bonchev–Trinajstić information content (AvgIpc) is 3.17. The largest absolute Gasteiger partial charge is 0.497 e. The van der Waals surface area contributed by atoms with Crippen LogP contribution < -0.4 is 14.2 Å². The van der Waals surface area contributed by atoms with Gasteiger partial charge in [0, 0.05) is 18.7 Å². The molecular formula is C27H23ClFNO4. The van der Waals surface area contributed by atoms with E-state index in [-0.39, 0.29) is 22.1 Å². The minimum atomic E-state index is -0.515. The molecule has 0 atom stereocenters. The van der Waals surface area contributed by atoms with Crippen LogP contribution in [0.2, 0.25) is 5.02 Å². The van der Waals surface area contributed by atoms with E-state index in [9.17, 15) is 9.18 Å². The summed E-state index contributed by atoms with van der Waals surface area (Å²) in [5.41, 5.74) is 3.38. The molecule has 174 valence electrons. The zero-order chi connectivity index (χ0) is 23.8. The summed E-state index contributed by atoms with van der Waals surface area (Å²) in [6.45, 7) is 3.65. The van der Waals surface area contributed by atoms with Crippen LogP contribution >= 0.6 is 11.6 Å². The van der Waals surface area contributed by atoms with Crippen LogP contribution in [0.3, 0.4) is 0 Å². The number of hydrogen-bond acceptors (Lipinski definition) is 5. The predicted molar refractivity (Wildman–Crippen MR) is 128 cm³/mol. The molecule has 0 aliphatic carbocycles. The van der Waals surface area contributed by atoms with Crippen molar-refractivity contribution in [1.29, 1.82) is 0 Å². The van der Waals surface area contributed by atoms with Crippen molar-refractivity contribution in [3.8, 4) is 17.2 Å². The van der Waals surface area contributed by atoms with Crippen LogP contribution in [0, 0.1) is 12.7 Å². The van der Waals surface area contributed by atoms with E-state index in [1.54, 1.807) is 13.2 Å². The minimum Gasteiger partial charge on any atom is -0.497 e. The third-order valence-corrected chi connectivity index (χ3v) is 6.47. The SMILES string of the molecule is COc1ccc(CCN2COc3cc(C)c4c(c3C2)O/C(=C/c2c(F)cccc2Cl)C4=O)cc1. The number of nitrogens with zero attached hydrogens (tertiary/aromatic N) is 1. The highest BCUT2D eigenvalue weighted by Crippen LogP contribution is 2.44. The number of hydrogen-bond donors (Lipinski definition) is 0. The Labute approximate surface area is 202 Å². The first-order chi connectivity index (χ1) is 16.4. The molecule has 2 aliphatic rings. The first kappa shape index (κ1) is 22.4. The van der Waals surface area contributed by atoms with Gasteiger partial charge in [0.1, 0.15) is 29.8 Å². The Morgan fingerprint density at radius 1 is 1.21 bits per heavy atom. The molecule has 0 amide bonds. The lowest BCUT2D eigenvalue weighted by molar-refractivity contribution is 0.0949. The Bertz CT molecular complexity index is 1280. The number of aryl methyl sites for hydroxylation is 1. The maximum atomic E-state index is 14.3. The Balaban J connectivity index is 1.39. The Morgan fingerprint density at radius 2 is 2.00 bits per heavy atom. The summed E-state index contributed by atoms with van der Waals surface area (Å²) in [6.07, 6.45) is 2.21. The van der Waals surface area contributed by atoms with Crippen molar-refractivity contribution in [2.45, 2.75) is 19.9 Å². The van der Waals surface area contributed by atoms with Crippen LogP contribution in [0.5, 0.6) is 17.2 Å². The van der Waals surface area contributed by atoms with Crippen molar-refractivity contribution in [3.05, 3.63) is 92.9 Å². The number of allylic oxidation sites excluding steroid dienone is 1. The number of halogens is 2. The molecule has 5 rings (SSSR count). The van der Waals surface area contributed by atoms with Gasteiger partial charge in [0.05, 0.1) is 23.3 Å². The Morgan fingerprint density at radius 3 is 2.74 bits per heavy atom. The van der Waals surface area contributed by atoms with Gasteiger partial charge in [-0.25, -0.2) is 4.39 Å². The lowest BCUT2D eigenvalue weighted by Crippen LogP contribution is -2.33. The second-order valence-corrected chi connectivity index (χ2v) is 8.78. The molecule has 0 bridgehead atoms. The Kier molecular flexibility index (Phi) is 6.02. The summed E-state index contributed by atoms with van der Waals surface area (Å²) in [5, 5.41) is 0.214. The zero-order valence-electron chi connectivity index (χ0n) is 18.9. The average molecular weight is 480 g/mol. The van der Waals surface area contributed by atoms with Crippen LogP contribution in [0.1, 0.15) is 32.6 Å². The van der Waals surface area contributed by atoms with Crippen LogP contribution in [-0.2, 0) is 13.0 Å². The normalized spacial score (nSPS) is 16.1. The molecule has 0 saturated heterocycles. The molecule has 3 aromatic carbocycles. The summed E-state index contributed by atoms with van der Waals surface area (Å²) in [7, 11) is 1.65. The third-order valence-electron chi connectivity index (χ3n) is 6.14. The van der Waals surface area contributed by atoms with E-state index in [0.29, 0.717) is 30.3 Å². The first-order valence-corrected chi connectivity index (χ1v) is 11.3. The lowest BCUT2D eigenvalue weighted by Gasteiger charge is -2.30. The van der Waals surface area contributed by atoms with Crippen molar-refractivity contribution >= 4 is 23.5 Å². The molecule has 0 aromatic heterocycles. The first-order valence-electron chi connectivity index (χ1n) is 11.0. The Hall–Kier alpha value is -3.35. The van der Waals surface area contributed by atoms with E-state index in [2.05, 4.69) is 4.90 Å². The smallest absolute Gasteiger partial charge is 0.232 e. The summed E-state index contributed by atoms with van der Waals surface area (Å²) >= 11 is 6.15. The fourth-order valence-corrected chi connectivity index (χ4v) is 4.50. The van der Waals surface area contributed by atoms with Crippen molar-refractivity contribution < 1.29 is 23.4 Å². The second kappa shape index (κ2) is 9.12. The summed E-state index contributed by atoms with van der Waals surface area (Å²) in [6, 6.07) is 14.2. The molecule has 0 radical (unpaired) electrons. The van der Waals surface area contributed by atoms with Gasteiger partial charge in [0.15, 0.2) is 5.76 Å². The highest BCUT2D eigenvalue weighted by atomic mass is 35.5. The molecule has 3 aromatic rings. The van der Waals surface area contributed by atoms with Crippen LogP contribution in [0.25, 0.3) is 6.08 Å². The van der Waals surface area contributed by atoms with Gasteiger partial charge < -0.3 is 14.2 Å². The molecule has 0 N–H and O–H groups in total. The van der Waals surface area contributed by atoms with E-state index in [1.807, 2.05) is 37.3 Å². The molecule has 0 fully saturated rings. The summed E-state index contributed by atoms with van der Waals surface area (Å²) in [5.74, 6) is 1.26. The highest BCUT2D eigenvalue weighted by Gasteiger charge is 2.35. The quantitative estimate of drug-likeness (QED) is 0.432. The van der Waals surface area contributed by atoms with Gasteiger partial charge in [0.25, 0.3) is 0 Å². The molecule has 34 heavy (non-hydrogen) atoms. The molecule has 0 spiro atoms. The standard InChI is InChI=1S/C27H23ClFNO4/c1-16-12-23-20(14-30(15-33-23)11-10-17-6-8-18(32-2)9-7-17)27-25(16)26(31)24(34-27)13-19-21(28)4-3-5-22(19)29/h3-9,12-13H,10-11,14-15H2,1-2H3/b24-13+. The lowest BCUT2D eigenvalue weighted by atomic mass is 9.98. The maximum Gasteiger partial charge on any atom is 0.232 e. The maximum absolute atomic E-state index is 14.3. The van der Waals surface area contributed by atoms with Gasteiger partial charge in [-0.05, 0) is 60.9 Å². The van der Waals surface area contributed by atoms with E-state index in [1.165, 1.54) is 23.8 Å². The second-order valence-electron chi connectivity index (χ2n) is 8.37. The molecule has 7 heteroatoms. The van der Waals surface area contributed by atoms with E-state index >= 15 is 0 Å². The van der Waals surface area contributed by atoms with Gasteiger partial charge in [-0.15, -0.1) is 0 Å². The van der Waals surface area contributed by atoms with Crippen molar-refractivity contribution in [2.75, 3.05) is 20.4 Å². The number of methoxy groups -OCH3 is 1. The van der Waals surface area contributed by atoms with Crippen molar-refractivity contribution in [1.82, 2.24) is 4.90 Å². The number of ketones is 1. The predicted octanol–water partition coefficient (Wildman–Crippen LogP) is 5.81. The number of rotatable bonds is 5. The van der Waals surface area contributed by atoms with Gasteiger partial charge in [0.2, 0.25) is 5.78 Å². The van der Waals surface area contributed by atoms with E-state index < -0.39 is 5.82 Å². The van der Waals surface area contributed by atoms with Gasteiger partial charge in [-0.1, -0.05) is 29.8 Å². The number of fused-ring (bicyclic) bond motifs is 3. The summed E-state index contributed by atoms with van der Waals surface area (Å²) < 4.78 is 31.5. The summed E-state index contributed by atoms with van der Waals surface area (Å²) in [4.78, 5) is 15.3. The van der Waals surface area contributed by atoms with Crippen LogP contribution in [-0.4, -0.2) is 31.1 Å². The van der Waals surface area contributed by atoms with Crippen LogP contribution in [0.4, 0.5) is 4.39 Å². The van der Waals surface area contributed by atoms with Crippen LogP contribution in [0.15, 0.2) is 54.3 Å².